The van der Waals surface area contributed by atoms with Gasteiger partial charge in [0.25, 0.3) is 0 Å². The third-order valence-corrected chi connectivity index (χ3v) is 4.56. The standard InChI is InChI=1S/C16H14FNOS/c1-11-3-4-12(2)16(7-11)20(19)10-14-6-5-13(9-18)8-15(14)17/h3-8H,10H2,1-2H3. The highest BCUT2D eigenvalue weighted by Gasteiger charge is 2.12. The van der Waals surface area contributed by atoms with Crippen LogP contribution in [0.15, 0.2) is 41.3 Å². The molecule has 0 spiro atoms. The fourth-order valence-electron chi connectivity index (χ4n) is 1.91. The lowest BCUT2D eigenvalue weighted by Crippen LogP contribution is -2.01. The molecule has 0 bridgehead atoms. The number of nitrogens with zero attached hydrogens (tertiary/aromatic N) is 1. The van der Waals surface area contributed by atoms with Gasteiger partial charge in [-0.1, -0.05) is 18.2 Å². The molecule has 0 N–H and O–H groups in total. The van der Waals surface area contributed by atoms with Crippen molar-refractivity contribution in [3.05, 3.63) is 64.5 Å². The maximum Gasteiger partial charge on any atom is 0.128 e. The molecule has 0 fully saturated rings. The van der Waals surface area contributed by atoms with Crippen molar-refractivity contribution >= 4 is 10.8 Å². The molecule has 1 atom stereocenters. The molecule has 0 radical (unpaired) electrons. The van der Waals surface area contributed by atoms with Crippen molar-refractivity contribution in [1.82, 2.24) is 0 Å². The number of halogens is 1. The molecule has 2 aromatic rings. The lowest BCUT2D eigenvalue weighted by Gasteiger charge is -2.08. The van der Waals surface area contributed by atoms with E-state index in [1.165, 1.54) is 12.1 Å². The van der Waals surface area contributed by atoms with Crippen LogP contribution in [0, 0.1) is 31.0 Å². The van der Waals surface area contributed by atoms with Gasteiger partial charge in [0.05, 0.1) is 28.2 Å². The molecule has 0 saturated carbocycles. The molecule has 0 saturated heterocycles. The Bertz CT molecular complexity index is 719. The summed E-state index contributed by atoms with van der Waals surface area (Å²) in [4.78, 5) is 0.730. The zero-order chi connectivity index (χ0) is 14.7. The molecule has 4 heteroatoms. The average Bonchev–Trinajstić information content (AvgIpc) is 2.43. The normalized spacial score (nSPS) is 11.9. The third-order valence-electron chi connectivity index (χ3n) is 3.06. The van der Waals surface area contributed by atoms with Crippen LogP contribution in [0.4, 0.5) is 4.39 Å². The molecule has 102 valence electrons. The van der Waals surface area contributed by atoms with E-state index >= 15 is 0 Å². The monoisotopic (exact) mass is 287 g/mol. The molecule has 20 heavy (non-hydrogen) atoms. The van der Waals surface area contributed by atoms with Gasteiger partial charge < -0.3 is 0 Å². The second-order valence-corrected chi connectivity index (χ2v) is 6.10. The Morgan fingerprint density at radius 3 is 2.60 bits per heavy atom. The molecule has 0 heterocycles. The van der Waals surface area contributed by atoms with Crippen molar-refractivity contribution in [1.29, 1.82) is 5.26 Å². The van der Waals surface area contributed by atoms with Crippen LogP contribution in [0.5, 0.6) is 0 Å². The topological polar surface area (TPSA) is 40.9 Å². The summed E-state index contributed by atoms with van der Waals surface area (Å²) in [7, 11) is -1.30. The highest BCUT2D eigenvalue weighted by atomic mass is 32.2. The molecular weight excluding hydrogens is 273 g/mol. The van der Waals surface area contributed by atoms with Gasteiger partial charge in [-0.25, -0.2) is 4.39 Å². The van der Waals surface area contributed by atoms with Gasteiger partial charge in [0.15, 0.2) is 0 Å². The smallest absolute Gasteiger partial charge is 0.128 e. The van der Waals surface area contributed by atoms with Crippen LogP contribution < -0.4 is 0 Å². The molecule has 0 aliphatic rings. The van der Waals surface area contributed by atoms with E-state index in [0.29, 0.717) is 5.56 Å². The summed E-state index contributed by atoms with van der Waals surface area (Å²) in [5.41, 5.74) is 2.59. The van der Waals surface area contributed by atoms with E-state index < -0.39 is 16.6 Å². The summed E-state index contributed by atoms with van der Waals surface area (Å²) >= 11 is 0. The second-order valence-electron chi connectivity index (χ2n) is 4.68. The second kappa shape index (κ2) is 5.98. The third kappa shape index (κ3) is 3.12. The summed E-state index contributed by atoms with van der Waals surface area (Å²) in [6, 6.07) is 11.9. The average molecular weight is 287 g/mol. The van der Waals surface area contributed by atoms with Gasteiger partial charge in [0.2, 0.25) is 0 Å². The van der Waals surface area contributed by atoms with E-state index in [4.69, 9.17) is 5.26 Å². The molecule has 2 rings (SSSR count). The number of rotatable bonds is 3. The van der Waals surface area contributed by atoms with Crippen LogP contribution in [-0.4, -0.2) is 4.21 Å². The van der Waals surface area contributed by atoms with Crippen LogP contribution in [0.3, 0.4) is 0 Å². The highest BCUT2D eigenvalue weighted by Crippen LogP contribution is 2.20. The largest absolute Gasteiger partial charge is 0.254 e. The van der Waals surface area contributed by atoms with Crippen LogP contribution in [-0.2, 0) is 16.6 Å². The van der Waals surface area contributed by atoms with Gasteiger partial charge in [-0.05, 0) is 43.2 Å². The Balaban J connectivity index is 2.28. The summed E-state index contributed by atoms with van der Waals surface area (Å²) in [6.45, 7) is 3.82. The molecule has 2 aromatic carbocycles. The lowest BCUT2D eigenvalue weighted by molar-refractivity contribution is 0.614. The lowest BCUT2D eigenvalue weighted by atomic mass is 10.1. The molecule has 0 amide bonds. The Labute approximate surface area is 120 Å². The van der Waals surface area contributed by atoms with Crippen molar-refractivity contribution in [2.24, 2.45) is 0 Å². The predicted molar refractivity (Wildman–Crippen MR) is 77.1 cm³/mol. The summed E-state index contributed by atoms with van der Waals surface area (Å²) < 4.78 is 26.2. The maximum atomic E-state index is 13.8. The quantitative estimate of drug-likeness (QED) is 0.865. The Kier molecular flexibility index (Phi) is 4.31. The summed E-state index contributed by atoms with van der Waals surface area (Å²) in [5, 5.41) is 8.70. The first kappa shape index (κ1) is 14.4. The number of aryl methyl sites for hydroxylation is 2. The van der Waals surface area contributed by atoms with Gasteiger partial charge in [-0.15, -0.1) is 0 Å². The van der Waals surface area contributed by atoms with Crippen LogP contribution >= 0.6 is 0 Å². The van der Waals surface area contributed by atoms with Crippen LogP contribution in [0.2, 0.25) is 0 Å². The van der Waals surface area contributed by atoms with Gasteiger partial charge in [-0.2, -0.15) is 5.26 Å². The SMILES string of the molecule is Cc1ccc(C)c(S(=O)Cc2ccc(C#N)cc2F)c1. The van der Waals surface area contributed by atoms with Crippen molar-refractivity contribution in [3.63, 3.8) is 0 Å². The zero-order valence-electron chi connectivity index (χ0n) is 11.3. The summed E-state index contributed by atoms with van der Waals surface area (Å²) in [5.74, 6) is -0.371. The van der Waals surface area contributed by atoms with Crippen molar-refractivity contribution < 1.29 is 8.60 Å². The molecule has 2 nitrogen and oxygen atoms in total. The summed E-state index contributed by atoms with van der Waals surface area (Å²) in [6.07, 6.45) is 0. The number of nitriles is 1. The van der Waals surface area contributed by atoms with Gasteiger partial charge in [0, 0.05) is 10.5 Å². The zero-order valence-corrected chi connectivity index (χ0v) is 12.1. The number of hydrogen-bond acceptors (Lipinski definition) is 2. The van der Waals surface area contributed by atoms with Crippen LogP contribution in [0.1, 0.15) is 22.3 Å². The van der Waals surface area contributed by atoms with Gasteiger partial charge >= 0.3 is 0 Å². The van der Waals surface area contributed by atoms with E-state index in [-0.39, 0.29) is 11.3 Å². The minimum atomic E-state index is -1.30. The molecule has 0 aliphatic heterocycles. The van der Waals surface area contributed by atoms with E-state index in [1.807, 2.05) is 38.1 Å². The minimum absolute atomic E-state index is 0.113. The van der Waals surface area contributed by atoms with Gasteiger partial charge in [-0.3, -0.25) is 4.21 Å². The molecule has 1 unspecified atom stereocenters. The Morgan fingerprint density at radius 2 is 1.95 bits per heavy atom. The van der Waals surface area contributed by atoms with E-state index in [1.54, 1.807) is 6.07 Å². The fraction of sp³-hybridized carbons (Fsp3) is 0.188. The van der Waals surface area contributed by atoms with Gasteiger partial charge in [0.1, 0.15) is 5.82 Å². The van der Waals surface area contributed by atoms with Crippen LogP contribution in [0.25, 0.3) is 0 Å². The molecular formula is C16H14FNOS. The Morgan fingerprint density at radius 1 is 1.20 bits per heavy atom. The molecule has 0 aliphatic carbocycles. The van der Waals surface area contributed by atoms with E-state index in [9.17, 15) is 8.60 Å². The van der Waals surface area contributed by atoms with E-state index in [0.717, 1.165) is 16.0 Å². The van der Waals surface area contributed by atoms with Crippen molar-refractivity contribution in [2.75, 3.05) is 0 Å². The highest BCUT2D eigenvalue weighted by molar-refractivity contribution is 7.84. The number of benzene rings is 2. The molecule has 0 aromatic heterocycles. The first-order valence-corrected chi connectivity index (χ1v) is 7.47. The predicted octanol–water partition coefficient (Wildman–Crippen LogP) is 3.62. The van der Waals surface area contributed by atoms with Crippen molar-refractivity contribution in [2.45, 2.75) is 24.5 Å². The first-order chi connectivity index (χ1) is 9.51. The first-order valence-electron chi connectivity index (χ1n) is 6.15. The van der Waals surface area contributed by atoms with Crippen molar-refractivity contribution in [3.8, 4) is 6.07 Å². The van der Waals surface area contributed by atoms with E-state index in [2.05, 4.69) is 0 Å². The fourth-order valence-corrected chi connectivity index (χ4v) is 3.32. The number of hydrogen-bond donors (Lipinski definition) is 0. The maximum absolute atomic E-state index is 13.8. The Hall–Kier alpha value is -1.99. The minimum Gasteiger partial charge on any atom is -0.254 e.